The van der Waals surface area contributed by atoms with Gasteiger partial charge >= 0.3 is 0 Å². The van der Waals surface area contributed by atoms with Gasteiger partial charge in [-0.3, -0.25) is 0 Å². The first-order chi connectivity index (χ1) is 7.25. The molecule has 90 valence electrons. The van der Waals surface area contributed by atoms with Crippen LogP contribution in [0.25, 0.3) is 0 Å². The highest BCUT2D eigenvalue weighted by atomic mass is 19.1. The lowest BCUT2D eigenvalue weighted by Crippen LogP contribution is -2.53. The van der Waals surface area contributed by atoms with Gasteiger partial charge in [-0.25, -0.2) is 4.39 Å². The van der Waals surface area contributed by atoms with E-state index in [1.54, 1.807) is 13.8 Å². The number of rotatable bonds is 2. The van der Waals surface area contributed by atoms with Crippen molar-refractivity contribution in [1.82, 2.24) is 0 Å². The van der Waals surface area contributed by atoms with Crippen LogP contribution in [0.1, 0.15) is 20.8 Å². The molecule has 1 aliphatic rings. The Kier molecular flexibility index (Phi) is 3.65. The molecule has 3 nitrogen and oxygen atoms in total. The molecule has 1 rings (SSSR count). The molecule has 1 aliphatic heterocycles. The molecule has 0 bridgehead atoms. The van der Waals surface area contributed by atoms with Gasteiger partial charge in [0.05, 0.1) is 12.6 Å². The number of aliphatic hydroxyl groups is 2. The lowest BCUT2D eigenvalue weighted by Gasteiger charge is -2.32. The number of hydrogen-bond donors (Lipinski definition) is 2. The Morgan fingerprint density at radius 1 is 1.62 bits per heavy atom. The lowest BCUT2D eigenvalue weighted by atomic mass is 9.74. The second kappa shape index (κ2) is 4.34. The van der Waals surface area contributed by atoms with E-state index >= 15 is 0 Å². The Balaban J connectivity index is 3.16. The highest BCUT2D eigenvalue weighted by molar-refractivity contribution is 6.12. The zero-order valence-electron chi connectivity index (χ0n) is 10.1. The van der Waals surface area contributed by atoms with Crippen LogP contribution in [0.5, 0.6) is 0 Å². The Morgan fingerprint density at radius 2 is 2.19 bits per heavy atom. The third kappa shape index (κ3) is 1.96. The van der Waals surface area contributed by atoms with E-state index in [1.807, 2.05) is 0 Å². The van der Waals surface area contributed by atoms with Gasteiger partial charge in [-0.2, -0.15) is 0 Å². The average molecular weight is 228 g/mol. The molecule has 1 unspecified atom stereocenters. The van der Waals surface area contributed by atoms with Crippen molar-refractivity contribution in [1.29, 1.82) is 0 Å². The molecular formula is C11H18BFO3. The van der Waals surface area contributed by atoms with E-state index in [1.165, 1.54) is 20.8 Å². The van der Waals surface area contributed by atoms with Crippen LogP contribution in [-0.2, 0) is 4.74 Å². The van der Waals surface area contributed by atoms with Gasteiger partial charge in [-0.05, 0) is 32.4 Å². The van der Waals surface area contributed by atoms with Crippen LogP contribution < -0.4 is 0 Å². The number of ether oxygens (including phenoxy) is 1. The summed E-state index contributed by atoms with van der Waals surface area (Å²) in [5.41, 5.74) is -0.210. The van der Waals surface area contributed by atoms with Gasteiger partial charge in [0.15, 0.2) is 5.67 Å². The summed E-state index contributed by atoms with van der Waals surface area (Å²) >= 11 is 0. The van der Waals surface area contributed by atoms with E-state index in [0.717, 1.165) is 5.57 Å². The summed E-state index contributed by atoms with van der Waals surface area (Å²) < 4.78 is 19.9. The average Bonchev–Trinajstić information content (AvgIpc) is 2.36. The Bertz CT molecular complexity index is 332. The first kappa shape index (κ1) is 13.5. The number of hydrogen-bond acceptors (Lipinski definition) is 3. The molecule has 1 heterocycles. The van der Waals surface area contributed by atoms with Gasteiger partial charge in [-0.1, -0.05) is 0 Å². The minimum absolute atomic E-state index is 0.411. The summed E-state index contributed by atoms with van der Waals surface area (Å²) in [4.78, 5) is 0. The van der Waals surface area contributed by atoms with E-state index in [9.17, 15) is 9.50 Å². The first-order valence-corrected chi connectivity index (χ1v) is 5.34. The van der Waals surface area contributed by atoms with Crippen molar-refractivity contribution in [3.05, 3.63) is 17.4 Å². The smallest absolute Gasteiger partial charge is 0.185 e. The van der Waals surface area contributed by atoms with Gasteiger partial charge in [0.1, 0.15) is 19.6 Å². The maximum Gasteiger partial charge on any atom is 0.185 e. The van der Waals surface area contributed by atoms with Crippen LogP contribution >= 0.6 is 0 Å². The summed E-state index contributed by atoms with van der Waals surface area (Å²) in [5, 5.41) is 19.2. The van der Waals surface area contributed by atoms with Crippen molar-refractivity contribution < 1.29 is 19.3 Å². The number of aliphatic hydroxyl groups excluding tert-OH is 1. The van der Waals surface area contributed by atoms with Crippen molar-refractivity contribution >= 4 is 7.85 Å². The predicted molar refractivity (Wildman–Crippen MR) is 61.7 cm³/mol. The normalized spacial score (nSPS) is 42.9. The zero-order chi connectivity index (χ0) is 12.6. The van der Waals surface area contributed by atoms with Crippen LogP contribution in [0.4, 0.5) is 4.39 Å². The molecule has 1 fully saturated rings. The van der Waals surface area contributed by atoms with Gasteiger partial charge in [-0.15, -0.1) is 5.73 Å². The summed E-state index contributed by atoms with van der Waals surface area (Å²) in [6.45, 7) is 4.50. The molecule has 0 aromatic rings. The van der Waals surface area contributed by atoms with E-state index in [4.69, 9.17) is 9.84 Å². The van der Waals surface area contributed by atoms with E-state index in [-0.39, 0.29) is 0 Å². The van der Waals surface area contributed by atoms with E-state index in [0.29, 0.717) is 0 Å². The molecule has 1 saturated heterocycles. The minimum atomic E-state index is -2.03. The highest BCUT2D eigenvalue weighted by Gasteiger charge is 2.61. The summed E-state index contributed by atoms with van der Waals surface area (Å²) in [6.07, 6.45) is 0.283. The fourth-order valence-corrected chi connectivity index (χ4v) is 1.87. The van der Waals surface area contributed by atoms with E-state index < -0.39 is 30.0 Å². The third-order valence-corrected chi connectivity index (χ3v) is 3.10. The molecule has 0 aromatic carbocycles. The Hall–Kier alpha value is -0.605. The summed E-state index contributed by atoms with van der Waals surface area (Å²) in [7, 11) is 1.54. The minimum Gasteiger partial charge on any atom is -0.394 e. The van der Waals surface area contributed by atoms with Crippen molar-refractivity contribution in [2.45, 2.75) is 44.1 Å². The Labute approximate surface area is 96.0 Å². The van der Waals surface area contributed by atoms with Crippen molar-refractivity contribution in [2.75, 3.05) is 6.61 Å². The fourth-order valence-electron chi connectivity index (χ4n) is 1.87. The molecule has 5 heteroatoms. The quantitative estimate of drug-likeness (QED) is 0.513. The maximum absolute atomic E-state index is 14.7. The molecule has 4 atom stereocenters. The summed E-state index contributed by atoms with van der Waals surface area (Å²) in [6, 6.07) is -0.813. The number of halogens is 1. The third-order valence-electron chi connectivity index (χ3n) is 3.10. The van der Waals surface area contributed by atoms with Crippen molar-refractivity contribution in [2.24, 2.45) is 0 Å². The largest absolute Gasteiger partial charge is 0.394 e. The second-order valence-electron chi connectivity index (χ2n) is 4.65. The SMILES string of the molecule is B[C@@H]1O[C@H](CO)[C@](C)(O)C1(F)C=C=C(C)C. The molecule has 0 spiro atoms. The van der Waals surface area contributed by atoms with Gasteiger partial charge < -0.3 is 14.9 Å². The van der Waals surface area contributed by atoms with Gasteiger partial charge in [0, 0.05) is 0 Å². The maximum atomic E-state index is 14.7. The summed E-state index contributed by atoms with van der Waals surface area (Å²) in [5.74, 6) is 0. The number of alkyl halides is 1. The molecular weight excluding hydrogens is 210 g/mol. The molecule has 0 saturated carbocycles. The predicted octanol–water partition coefficient (Wildman–Crippen LogP) is -0.0827. The van der Waals surface area contributed by atoms with Gasteiger partial charge in [0.25, 0.3) is 0 Å². The molecule has 0 aliphatic carbocycles. The molecule has 0 amide bonds. The van der Waals surface area contributed by atoms with Crippen LogP contribution in [0, 0.1) is 0 Å². The molecule has 2 N–H and O–H groups in total. The van der Waals surface area contributed by atoms with Crippen LogP contribution in [-0.4, -0.2) is 48.0 Å². The van der Waals surface area contributed by atoms with Gasteiger partial charge in [0.2, 0.25) is 0 Å². The Morgan fingerprint density at radius 3 is 2.56 bits per heavy atom. The van der Waals surface area contributed by atoms with Crippen molar-refractivity contribution in [3.8, 4) is 0 Å². The topological polar surface area (TPSA) is 49.7 Å². The highest BCUT2D eigenvalue weighted by Crippen LogP contribution is 2.42. The molecule has 0 aromatic heterocycles. The van der Waals surface area contributed by atoms with Crippen LogP contribution in [0.3, 0.4) is 0 Å². The monoisotopic (exact) mass is 228 g/mol. The fraction of sp³-hybridized carbons (Fsp3) is 0.727. The standard InChI is InChI=1S/C11H18BFO3/c1-7(2)4-5-11(13)9(12)16-8(6-14)10(11,3)15/h5,8-9,14-15H,6,12H2,1-3H3/t8-,9-,10+,11?/m1/s1. The second-order valence-corrected chi connectivity index (χ2v) is 4.65. The molecule has 0 radical (unpaired) electrons. The van der Waals surface area contributed by atoms with Crippen molar-refractivity contribution in [3.63, 3.8) is 0 Å². The molecule has 16 heavy (non-hydrogen) atoms. The van der Waals surface area contributed by atoms with Crippen LogP contribution in [0.15, 0.2) is 17.4 Å². The van der Waals surface area contributed by atoms with E-state index in [2.05, 4.69) is 5.73 Å². The lowest BCUT2D eigenvalue weighted by molar-refractivity contribution is -0.0807. The van der Waals surface area contributed by atoms with Crippen LogP contribution in [0.2, 0.25) is 0 Å². The first-order valence-electron chi connectivity index (χ1n) is 5.34. The zero-order valence-corrected chi connectivity index (χ0v) is 10.1.